The van der Waals surface area contributed by atoms with E-state index in [1.807, 2.05) is 106 Å². The molecule has 282 valence electrons. The first-order valence-corrected chi connectivity index (χ1v) is 19.1. The fourth-order valence-corrected chi connectivity index (χ4v) is 8.47. The number of hydrogen-bond donors (Lipinski definition) is 0. The molecule has 2 heterocycles. The molecule has 0 atom stereocenters. The van der Waals surface area contributed by atoms with Crippen molar-refractivity contribution in [2.75, 3.05) is 0 Å². The van der Waals surface area contributed by atoms with Crippen LogP contribution >= 0.6 is 0 Å². The molecule has 0 aliphatic carbocycles. The van der Waals surface area contributed by atoms with E-state index in [0.29, 0.717) is 39.2 Å². The molecule has 0 amide bonds. The molecule has 2 aromatic heterocycles. The molecular formula is C52H28F3N5. The van der Waals surface area contributed by atoms with Gasteiger partial charge in [0.25, 0.3) is 0 Å². The highest BCUT2D eigenvalue weighted by Crippen LogP contribution is 2.45. The normalized spacial score (nSPS) is 11.5. The molecule has 0 saturated carbocycles. The standard InChI is InChI=1S/C52H28F3N5/c53-52(54,55)40-7-5-6-39(26-40)51-49(59-45-10-3-1-8-41(45)43-27-37(20-22-47(43)59)35-16-12-32(29-56)13-17-35)24-34(31-58)25-50(51)60-46-11-4-2-9-42(46)44-28-38(21-23-48(44)60)36-18-14-33(30-57)15-19-36/h1-28H. The van der Waals surface area contributed by atoms with Crippen LogP contribution in [0.25, 0.3) is 88.4 Å². The Morgan fingerprint density at radius 2 is 0.800 bits per heavy atom. The summed E-state index contributed by atoms with van der Waals surface area (Å²) in [7, 11) is 0. The van der Waals surface area contributed by atoms with E-state index in [4.69, 9.17) is 0 Å². The molecule has 0 spiro atoms. The Balaban J connectivity index is 1.30. The molecule has 8 aromatic carbocycles. The lowest BCUT2D eigenvalue weighted by Gasteiger charge is -2.21. The predicted molar refractivity (Wildman–Crippen MR) is 231 cm³/mol. The van der Waals surface area contributed by atoms with Crippen LogP contribution in [0.15, 0.2) is 170 Å². The van der Waals surface area contributed by atoms with Crippen molar-refractivity contribution in [2.24, 2.45) is 0 Å². The third-order valence-electron chi connectivity index (χ3n) is 11.2. The van der Waals surface area contributed by atoms with Crippen molar-refractivity contribution < 1.29 is 13.2 Å². The molecule has 0 saturated heterocycles. The second kappa shape index (κ2) is 13.9. The van der Waals surface area contributed by atoms with Crippen molar-refractivity contribution in [2.45, 2.75) is 6.18 Å². The van der Waals surface area contributed by atoms with E-state index in [1.54, 1.807) is 42.5 Å². The third kappa shape index (κ3) is 5.85. The Morgan fingerprint density at radius 1 is 0.367 bits per heavy atom. The lowest BCUT2D eigenvalue weighted by atomic mass is 9.96. The maximum atomic E-state index is 14.5. The predicted octanol–water partition coefficient (Wildman–Crippen LogP) is 13.5. The maximum Gasteiger partial charge on any atom is 0.416 e. The van der Waals surface area contributed by atoms with E-state index in [0.717, 1.165) is 71.9 Å². The van der Waals surface area contributed by atoms with Gasteiger partial charge in [-0.2, -0.15) is 29.0 Å². The van der Waals surface area contributed by atoms with Crippen molar-refractivity contribution in [1.29, 1.82) is 15.8 Å². The minimum atomic E-state index is -4.60. The van der Waals surface area contributed by atoms with Crippen LogP contribution in [0, 0.1) is 34.0 Å². The first-order chi connectivity index (χ1) is 29.2. The Morgan fingerprint density at radius 3 is 1.25 bits per heavy atom. The summed E-state index contributed by atoms with van der Waals surface area (Å²) in [4.78, 5) is 0. The lowest BCUT2D eigenvalue weighted by Crippen LogP contribution is -2.07. The zero-order chi connectivity index (χ0) is 41.1. The summed E-state index contributed by atoms with van der Waals surface area (Å²) in [5.41, 5.74) is 9.55. The molecule has 60 heavy (non-hydrogen) atoms. The number of halogens is 3. The van der Waals surface area contributed by atoms with Gasteiger partial charge in [-0.25, -0.2) is 0 Å². The number of aromatic nitrogens is 2. The summed E-state index contributed by atoms with van der Waals surface area (Å²) in [6.45, 7) is 0. The number of nitriles is 3. The van der Waals surface area contributed by atoms with Gasteiger partial charge in [-0.05, 0) is 113 Å². The van der Waals surface area contributed by atoms with Gasteiger partial charge >= 0.3 is 6.18 Å². The van der Waals surface area contributed by atoms with E-state index in [1.165, 1.54) is 12.1 Å². The Kier molecular flexibility index (Phi) is 8.35. The van der Waals surface area contributed by atoms with Crippen LogP contribution in [0.4, 0.5) is 13.2 Å². The van der Waals surface area contributed by atoms with Gasteiger partial charge in [-0.1, -0.05) is 84.9 Å². The molecule has 10 rings (SSSR count). The Labute approximate surface area is 341 Å². The number of hydrogen-bond acceptors (Lipinski definition) is 3. The average molecular weight is 780 g/mol. The minimum Gasteiger partial charge on any atom is -0.308 e. The molecule has 5 nitrogen and oxygen atoms in total. The van der Waals surface area contributed by atoms with Crippen LogP contribution in [-0.4, -0.2) is 9.13 Å². The molecule has 0 bridgehead atoms. The van der Waals surface area contributed by atoms with Crippen LogP contribution in [0.1, 0.15) is 22.3 Å². The summed E-state index contributed by atoms with van der Waals surface area (Å²) in [6.07, 6.45) is -4.60. The SMILES string of the molecule is N#Cc1ccc(-c2ccc3c(c2)c2ccccc2n3-c2cc(C#N)cc(-n3c4ccccc4c4cc(-c5ccc(C#N)cc5)ccc43)c2-c2cccc(C(F)(F)F)c2)cc1. The molecule has 0 aliphatic rings. The van der Waals surface area contributed by atoms with Gasteiger partial charge in [-0.3, -0.25) is 0 Å². The summed E-state index contributed by atoms with van der Waals surface area (Å²) in [6, 6.07) is 58.3. The molecule has 8 heteroatoms. The Hall–Kier alpha value is -8.38. The van der Waals surface area contributed by atoms with E-state index in [9.17, 15) is 29.0 Å². The van der Waals surface area contributed by atoms with Crippen LogP contribution < -0.4 is 0 Å². The molecule has 0 radical (unpaired) electrons. The number of para-hydroxylation sites is 2. The van der Waals surface area contributed by atoms with Crippen LogP contribution in [0.3, 0.4) is 0 Å². The number of alkyl halides is 3. The van der Waals surface area contributed by atoms with Gasteiger partial charge in [0.15, 0.2) is 0 Å². The molecule has 10 aromatic rings. The molecule has 0 unspecified atom stereocenters. The highest BCUT2D eigenvalue weighted by Gasteiger charge is 2.31. The van der Waals surface area contributed by atoms with E-state index < -0.39 is 11.7 Å². The summed E-state index contributed by atoms with van der Waals surface area (Å²) in [5, 5.41) is 33.1. The van der Waals surface area contributed by atoms with Crippen LogP contribution in [0.2, 0.25) is 0 Å². The Bertz CT molecular complexity index is 3300. The fraction of sp³-hybridized carbons (Fsp3) is 0.0192. The fourth-order valence-electron chi connectivity index (χ4n) is 8.47. The molecule has 0 aliphatic heterocycles. The summed E-state index contributed by atoms with van der Waals surface area (Å²) >= 11 is 0. The summed E-state index contributed by atoms with van der Waals surface area (Å²) in [5.74, 6) is 0. The van der Waals surface area contributed by atoms with Gasteiger partial charge < -0.3 is 9.13 Å². The summed E-state index contributed by atoms with van der Waals surface area (Å²) < 4.78 is 47.7. The van der Waals surface area contributed by atoms with Gasteiger partial charge in [0.2, 0.25) is 0 Å². The number of nitrogens with zero attached hydrogens (tertiary/aromatic N) is 5. The quantitative estimate of drug-likeness (QED) is 0.174. The highest BCUT2D eigenvalue weighted by molar-refractivity contribution is 6.13. The van der Waals surface area contributed by atoms with Crippen molar-refractivity contribution in [1.82, 2.24) is 9.13 Å². The van der Waals surface area contributed by atoms with Crippen molar-refractivity contribution >= 4 is 43.6 Å². The number of rotatable bonds is 5. The van der Waals surface area contributed by atoms with Gasteiger partial charge in [0.1, 0.15) is 0 Å². The zero-order valence-electron chi connectivity index (χ0n) is 31.5. The topological polar surface area (TPSA) is 81.2 Å². The second-order valence-electron chi connectivity index (χ2n) is 14.6. The van der Waals surface area contributed by atoms with Crippen LogP contribution in [0.5, 0.6) is 0 Å². The smallest absolute Gasteiger partial charge is 0.308 e. The monoisotopic (exact) mass is 779 g/mol. The molecular weight excluding hydrogens is 752 g/mol. The van der Waals surface area contributed by atoms with E-state index >= 15 is 0 Å². The second-order valence-corrected chi connectivity index (χ2v) is 14.6. The highest BCUT2D eigenvalue weighted by atomic mass is 19.4. The zero-order valence-corrected chi connectivity index (χ0v) is 31.5. The maximum absolute atomic E-state index is 14.5. The van der Waals surface area contributed by atoms with Gasteiger partial charge in [0, 0.05) is 27.1 Å². The van der Waals surface area contributed by atoms with Crippen molar-refractivity contribution in [3.8, 4) is 63.0 Å². The van der Waals surface area contributed by atoms with Crippen molar-refractivity contribution in [3.63, 3.8) is 0 Å². The van der Waals surface area contributed by atoms with E-state index in [-0.39, 0.29) is 0 Å². The van der Waals surface area contributed by atoms with Crippen molar-refractivity contribution in [3.05, 3.63) is 192 Å². The molecule has 0 N–H and O–H groups in total. The molecule has 0 fully saturated rings. The van der Waals surface area contributed by atoms with E-state index in [2.05, 4.69) is 30.3 Å². The lowest BCUT2D eigenvalue weighted by molar-refractivity contribution is -0.137. The van der Waals surface area contributed by atoms with Gasteiger partial charge in [-0.15, -0.1) is 0 Å². The first kappa shape index (κ1) is 36.0. The average Bonchev–Trinajstić information content (AvgIpc) is 3.80. The largest absolute Gasteiger partial charge is 0.416 e. The van der Waals surface area contributed by atoms with Gasteiger partial charge in [0.05, 0.1) is 73.9 Å². The number of benzene rings is 8. The third-order valence-corrected chi connectivity index (χ3v) is 11.2. The van der Waals surface area contributed by atoms with Crippen LogP contribution in [-0.2, 0) is 6.18 Å². The minimum absolute atomic E-state index is 0.330. The first-order valence-electron chi connectivity index (χ1n) is 19.1. The number of fused-ring (bicyclic) bond motifs is 6.